The van der Waals surface area contributed by atoms with E-state index in [4.69, 9.17) is 9.47 Å². The summed E-state index contributed by atoms with van der Waals surface area (Å²) in [6, 6.07) is 31.2. The Morgan fingerprint density at radius 1 is 0.925 bits per heavy atom. The first-order chi connectivity index (χ1) is 19.6. The van der Waals surface area contributed by atoms with E-state index in [1.807, 2.05) is 67.6 Å². The maximum atomic E-state index is 13.4. The number of hydrogen-bond acceptors (Lipinski definition) is 7. The third kappa shape index (κ3) is 6.57. The lowest BCUT2D eigenvalue weighted by Gasteiger charge is -2.13. The highest BCUT2D eigenvalue weighted by molar-refractivity contribution is 7.99. The fourth-order valence-corrected chi connectivity index (χ4v) is 4.72. The van der Waals surface area contributed by atoms with Crippen LogP contribution in [0.5, 0.6) is 17.2 Å². The van der Waals surface area contributed by atoms with Crippen molar-refractivity contribution in [2.45, 2.75) is 12.1 Å². The topological polar surface area (TPSA) is 94.8 Å². The zero-order valence-corrected chi connectivity index (χ0v) is 22.5. The number of hydrazone groups is 1. The standard InChI is InChI=1S/C31H26N4O4S/c1-2-38-24-17-15-23(16-18-24)35-30(37)27-13-6-7-14-28(27)33-31(35)40-21-29(36)34-32-20-22-9-8-12-26(19-22)39-25-10-4-3-5-11-25/h3-20H,2,21H2,1H3,(H,34,36). The number of carbonyl (C=O) groups is 1. The van der Waals surface area contributed by atoms with Crippen LogP contribution in [0.15, 0.2) is 118 Å². The van der Waals surface area contributed by atoms with Crippen molar-refractivity contribution >= 4 is 34.8 Å². The van der Waals surface area contributed by atoms with Crippen LogP contribution in [0.25, 0.3) is 16.6 Å². The predicted octanol–water partition coefficient (Wildman–Crippen LogP) is 5.82. The third-order valence-corrected chi connectivity index (χ3v) is 6.66. The lowest BCUT2D eigenvalue weighted by atomic mass is 10.2. The van der Waals surface area contributed by atoms with Gasteiger partial charge in [0.1, 0.15) is 17.2 Å². The van der Waals surface area contributed by atoms with Gasteiger partial charge in [-0.25, -0.2) is 10.4 Å². The Morgan fingerprint density at radius 3 is 2.48 bits per heavy atom. The van der Waals surface area contributed by atoms with E-state index in [1.54, 1.807) is 48.7 Å². The molecule has 0 saturated carbocycles. The Labute approximate surface area is 235 Å². The Kier molecular flexibility index (Phi) is 8.53. The summed E-state index contributed by atoms with van der Waals surface area (Å²) in [5.41, 5.74) is 4.28. The molecule has 0 aliphatic rings. The molecule has 0 radical (unpaired) electrons. The van der Waals surface area contributed by atoms with Crippen molar-refractivity contribution in [3.63, 3.8) is 0 Å². The van der Waals surface area contributed by atoms with Crippen molar-refractivity contribution in [3.8, 4) is 22.9 Å². The van der Waals surface area contributed by atoms with Gasteiger partial charge in [0.05, 0.1) is 35.2 Å². The maximum Gasteiger partial charge on any atom is 0.266 e. The Bertz CT molecular complexity index is 1700. The van der Waals surface area contributed by atoms with Crippen LogP contribution in [-0.4, -0.2) is 34.0 Å². The van der Waals surface area contributed by atoms with E-state index >= 15 is 0 Å². The van der Waals surface area contributed by atoms with Crippen LogP contribution in [0.4, 0.5) is 0 Å². The quantitative estimate of drug-likeness (QED) is 0.102. The van der Waals surface area contributed by atoms with Crippen molar-refractivity contribution in [3.05, 3.63) is 119 Å². The number of nitrogens with one attached hydrogen (secondary N) is 1. The largest absolute Gasteiger partial charge is 0.494 e. The molecule has 9 heteroatoms. The number of carbonyl (C=O) groups excluding carboxylic acids is 1. The van der Waals surface area contributed by atoms with E-state index in [-0.39, 0.29) is 17.2 Å². The van der Waals surface area contributed by atoms with E-state index in [9.17, 15) is 9.59 Å². The SMILES string of the molecule is CCOc1ccc(-n2c(SCC(=O)NN=Cc3cccc(Oc4ccccc4)c3)nc3ccccc3c2=O)cc1. The van der Waals surface area contributed by atoms with Gasteiger partial charge in [0.15, 0.2) is 5.16 Å². The number of fused-ring (bicyclic) bond motifs is 1. The number of aromatic nitrogens is 2. The first kappa shape index (κ1) is 26.7. The highest BCUT2D eigenvalue weighted by atomic mass is 32.2. The molecule has 0 unspecified atom stereocenters. The molecule has 8 nitrogen and oxygen atoms in total. The summed E-state index contributed by atoms with van der Waals surface area (Å²) in [6.07, 6.45) is 1.55. The van der Waals surface area contributed by atoms with Gasteiger partial charge in [0.2, 0.25) is 0 Å². The van der Waals surface area contributed by atoms with E-state index in [1.165, 1.54) is 4.57 Å². The molecule has 0 fully saturated rings. The number of para-hydroxylation sites is 2. The van der Waals surface area contributed by atoms with Gasteiger partial charge in [0.25, 0.3) is 11.5 Å². The number of thioether (sulfide) groups is 1. The van der Waals surface area contributed by atoms with Gasteiger partial charge < -0.3 is 9.47 Å². The highest BCUT2D eigenvalue weighted by Gasteiger charge is 2.15. The summed E-state index contributed by atoms with van der Waals surface area (Å²) in [7, 11) is 0. The number of nitrogens with zero attached hydrogens (tertiary/aromatic N) is 3. The molecule has 1 heterocycles. The van der Waals surface area contributed by atoms with Crippen molar-refractivity contribution < 1.29 is 14.3 Å². The van der Waals surface area contributed by atoms with Crippen LogP contribution < -0.4 is 20.5 Å². The third-order valence-electron chi connectivity index (χ3n) is 5.72. The number of amides is 1. The van der Waals surface area contributed by atoms with Crippen LogP contribution in [-0.2, 0) is 4.79 Å². The Balaban J connectivity index is 1.28. The van der Waals surface area contributed by atoms with Crippen LogP contribution >= 0.6 is 11.8 Å². The van der Waals surface area contributed by atoms with Crippen molar-refractivity contribution in [1.82, 2.24) is 15.0 Å². The molecule has 5 rings (SSSR count). The van der Waals surface area contributed by atoms with Gasteiger partial charge in [-0.2, -0.15) is 5.10 Å². The van der Waals surface area contributed by atoms with Gasteiger partial charge >= 0.3 is 0 Å². The molecule has 0 bridgehead atoms. The molecule has 4 aromatic carbocycles. The predicted molar refractivity (Wildman–Crippen MR) is 158 cm³/mol. The van der Waals surface area contributed by atoms with Gasteiger partial charge in [-0.15, -0.1) is 0 Å². The molecule has 1 aromatic heterocycles. The second-order valence-electron chi connectivity index (χ2n) is 8.55. The number of rotatable bonds is 10. The minimum absolute atomic E-state index is 0.0102. The zero-order valence-electron chi connectivity index (χ0n) is 21.7. The van der Waals surface area contributed by atoms with Crippen LogP contribution in [0.1, 0.15) is 12.5 Å². The summed E-state index contributed by atoms with van der Waals surface area (Å²) in [5, 5.41) is 4.98. The highest BCUT2D eigenvalue weighted by Crippen LogP contribution is 2.23. The molecule has 0 atom stereocenters. The van der Waals surface area contributed by atoms with E-state index in [2.05, 4.69) is 15.5 Å². The van der Waals surface area contributed by atoms with Crippen molar-refractivity contribution in [1.29, 1.82) is 0 Å². The summed E-state index contributed by atoms with van der Waals surface area (Å²) in [5.74, 6) is 1.77. The molecule has 1 amide bonds. The minimum Gasteiger partial charge on any atom is -0.494 e. The smallest absolute Gasteiger partial charge is 0.266 e. The molecule has 0 aliphatic heterocycles. The summed E-state index contributed by atoms with van der Waals surface area (Å²) >= 11 is 1.16. The summed E-state index contributed by atoms with van der Waals surface area (Å²) in [6.45, 7) is 2.45. The number of benzene rings is 4. The van der Waals surface area contributed by atoms with Gasteiger partial charge in [-0.3, -0.25) is 14.2 Å². The Hall–Kier alpha value is -4.89. The molecule has 0 spiro atoms. The molecule has 0 saturated heterocycles. The first-order valence-corrected chi connectivity index (χ1v) is 13.6. The van der Waals surface area contributed by atoms with Gasteiger partial charge in [0, 0.05) is 0 Å². The van der Waals surface area contributed by atoms with Crippen LogP contribution in [0, 0.1) is 0 Å². The zero-order chi connectivity index (χ0) is 27.7. The van der Waals surface area contributed by atoms with Crippen LogP contribution in [0.2, 0.25) is 0 Å². The first-order valence-electron chi connectivity index (χ1n) is 12.6. The van der Waals surface area contributed by atoms with E-state index in [0.717, 1.165) is 23.1 Å². The Morgan fingerprint density at radius 2 is 1.68 bits per heavy atom. The molecule has 5 aromatic rings. The maximum absolute atomic E-state index is 13.4. The van der Waals surface area contributed by atoms with Gasteiger partial charge in [-0.05, 0) is 73.2 Å². The summed E-state index contributed by atoms with van der Waals surface area (Å²) < 4.78 is 12.9. The number of hydrogen-bond donors (Lipinski definition) is 1. The lowest BCUT2D eigenvalue weighted by molar-refractivity contribution is -0.118. The fraction of sp³-hybridized carbons (Fsp3) is 0.0968. The molecular formula is C31H26N4O4S. The number of ether oxygens (including phenoxy) is 2. The monoisotopic (exact) mass is 550 g/mol. The molecule has 40 heavy (non-hydrogen) atoms. The molecule has 1 N–H and O–H groups in total. The normalized spacial score (nSPS) is 11.0. The average Bonchev–Trinajstić information content (AvgIpc) is 2.98. The average molecular weight is 551 g/mol. The minimum atomic E-state index is -0.335. The van der Waals surface area contributed by atoms with Gasteiger partial charge in [-0.1, -0.05) is 54.2 Å². The fourth-order valence-electron chi connectivity index (χ4n) is 3.92. The molecule has 0 aliphatic carbocycles. The van der Waals surface area contributed by atoms with Crippen LogP contribution in [0.3, 0.4) is 0 Å². The molecule has 200 valence electrons. The van der Waals surface area contributed by atoms with Crippen molar-refractivity contribution in [2.24, 2.45) is 5.10 Å². The summed E-state index contributed by atoms with van der Waals surface area (Å²) in [4.78, 5) is 30.7. The lowest BCUT2D eigenvalue weighted by Crippen LogP contribution is -2.24. The van der Waals surface area contributed by atoms with E-state index in [0.29, 0.717) is 39.9 Å². The molecular weight excluding hydrogens is 524 g/mol. The van der Waals surface area contributed by atoms with Crippen molar-refractivity contribution in [2.75, 3.05) is 12.4 Å². The second kappa shape index (κ2) is 12.8. The second-order valence-corrected chi connectivity index (χ2v) is 9.49. The van der Waals surface area contributed by atoms with E-state index < -0.39 is 0 Å².